The predicted octanol–water partition coefficient (Wildman–Crippen LogP) is 4.66. The second-order valence-corrected chi connectivity index (χ2v) is 9.53. The van der Waals surface area contributed by atoms with Gasteiger partial charge in [-0.3, -0.25) is 4.57 Å². The van der Waals surface area contributed by atoms with Crippen LogP contribution in [0.2, 0.25) is 0 Å². The largest absolute Gasteiger partial charge is 0.497 e. The quantitative estimate of drug-likeness (QED) is 0.457. The van der Waals surface area contributed by atoms with Crippen molar-refractivity contribution in [2.24, 2.45) is 0 Å². The first-order chi connectivity index (χ1) is 16.7. The number of rotatable bonds is 6. The van der Waals surface area contributed by atoms with Crippen molar-refractivity contribution in [3.63, 3.8) is 0 Å². The first-order valence-electron chi connectivity index (χ1n) is 12.3. The lowest BCUT2D eigenvalue weighted by molar-refractivity contribution is 0.211. The Balaban J connectivity index is 1.06. The van der Waals surface area contributed by atoms with Gasteiger partial charge in [-0.1, -0.05) is 12.1 Å². The molecule has 34 heavy (non-hydrogen) atoms. The number of benzene rings is 2. The fraction of sp³-hybridized carbons (Fsp3) is 0.407. The fourth-order valence-corrected chi connectivity index (χ4v) is 5.74. The molecular weight excluding hydrogens is 424 g/mol. The maximum absolute atomic E-state index is 5.45. The third-order valence-electron chi connectivity index (χ3n) is 7.54. The number of anilines is 1. The van der Waals surface area contributed by atoms with Crippen LogP contribution in [0.15, 0.2) is 48.7 Å². The van der Waals surface area contributed by atoms with Crippen LogP contribution in [-0.2, 0) is 6.54 Å². The molecule has 2 aliphatic rings. The number of nitrogens with zero attached hydrogens (tertiary/aromatic N) is 5. The third kappa shape index (κ3) is 3.74. The van der Waals surface area contributed by atoms with Crippen molar-refractivity contribution in [3.05, 3.63) is 65.9 Å². The Bertz CT molecular complexity index is 1300. The molecule has 4 aromatic rings. The first-order valence-corrected chi connectivity index (χ1v) is 12.3. The lowest BCUT2D eigenvalue weighted by atomic mass is 9.89. The summed E-state index contributed by atoms with van der Waals surface area (Å²) in [5.41, 5.74) is 5.12. The van der Waals surface area contributed by atoms with Gasteiger partial charge in [-0.2, -0.15) is 0 Å². The van der Waals surface area contributed by atoms with E-state index in [9.17, 15) is 0 Å². The smallest absolute Gasteiger partial charge is 0.157 e. The highest BCUT2D eigenvalue weighted by Crippen LogP contribution is 2.35. The maximum Gasteiger partial charge on any atom is 0.157 e. The zero-order chi connectivity index (χ0) is 23.1. The van der Waals surface area contributed by atoms with Crippen LogP contribution in [0.1, 0.15) is 42.4 Å². The summed E-state index contributed by atoms with van der Waals surface area (Å²) in [7, 11) is 1.74. The normalized spacial score (nSPS) is 16.6. The van der Waals surface area contributed by atoms with Gasteiger partial charge in [0.05, 0.1) is 25.0 Å². The molecule has 1 fully saturated rings. The average Bonchev–Trinajstić information content (AvgIpc) is 3.47. The van der Waals surface area contributed by atoms with Gasteiger partial charge in [0.2, 0.25) is 0 Å². The predicted molar refractivity (Wildman–Crippen MR) is 135 cm³/mol. The Morgan fingerprint density at radius 2 is 1.85 bits per heavy atom. The van der Waals surface area contributed by atoms with E-state index in [-0.39, 0.29) is 0 Å². The summed E-state index contributed by atoms with van der Waals surface area (Å²) in [6, 6.07) is 14.9. The summed E-state index contributed by atoms with van der Waals surface area (Å²) in [4.78, 5) is 8.55. The number of piperidine rings is 1. The molecule has 2 aromatic carbocycles. The summed E-state index contributed by atoms with van der Waals surface area (Å²) in [6.07, 6.45) is 5.77. The van der Waals surface area contributed by atoms with Crippen LogP contribution in [-0.4, -0.2) is 57.9 Å². The minimum absolute atomic E-state index is 0.612. The monoisotopic (exact) mass is 456 g/mol. The number of para-hydroxylation sites is 2. The minimum Gasteiger partial charge on any atom is -0.497 e. The fourth-order valence-electron chi connectivity index (χ4n) is 5.74. The van der Waals surface area contributed by atoms with E-state index >= 15 is 0 Å². The van der Waals surface area contributed by atoms with Crippen molar-refractivity contribution in [1.82, 2.24) is 24.6 Å². The SMILES string of the molecule is COc1ccc2[nH]cc(C3CCN(CCCN4Cc5nnc(C)n5-c5ccccc54)CC3)c2c1. The van der Waals surface area contributed by atoms with Gasteiger partial charge in [0, 0.05) is 23.6 Å². The molecule has 0 atom stereocenters. The molecule has 0 saturated carbocycles. The van der Waals surface area contributed by atoms with Crippen LogP contribution in [0, 0.1) is 6.92 Å². The molecule has 0 aliphatic carbocycles. The van der Waals surface area contributed by atoms with Crippen LogP contribution in [0.5, 0.6) is 5.75 Å². The molecular formula is C27H32N6O. The van der Waals surface area contributed by atoms with Gasteiger partial charge >= 0.3 is 0 Å². The molecule has 7 nitrogen and oxygen atoms in total. The van der Waals surface area contributed by atoms with Crippen LogP contribution in [0.3, 0.4) is 0 Å². The van der Waals surface area contributed by atoms with Crippen molar-refractivity contribution in [2.75, 3.05) is 38.2 Å². The highest BCUT2D eigenvalue weighted by molar-refractivity contribution is 5.85. The van der Waals surface area contributed by atoms with Crippen LogP contribution < -0.4 is 9.64 Å². The lowest BCUT2D eigenvalue weighted by Gasteiger charge is -2.34. The van der Waals surface area contributed by atoms with Crippen molar-refractivity contribution in [2.45, 2.75) is 38.6 Å². The van der Waals surface area contributed by atoms with Gasteiger partial charge in [-0.15, -0.1) is 10.2 Å². The van der Waals surface area contributed by atoms with Crippen molar-refractivity contribution < 1.29 is 4.74 Å². The topological polar surface area (TPSA) is 62.2 Å². The minimum atomic E-state index is 0.612. The second kappa shape index (κ2) is 8.80. The number of hydrogen-bond donors (Lipinski definition) is 1. The molecule has 2 aromatic heterocycles. The summed E-state index contributed by atoms with van der Waals surface area (Å²) in [6.45, 7) is 7.34. The van der Waals surface area contributed by atoms with Crippen molar-refractivity contribution in [1.29, 1.82) is 0 Å². The Morgan fingerprint density at radius 1 is 1.03 bits per heavy atom. The van der Waals surface area contributed by atoms with Gasteiger partial charge < -0.3 is 19.5 Å². The van der Waals surface area contributed by atoms with Crippen molar-refractivity contribution >= 4 is 16.6 Å². The molecule has 0 bridgehead atoms. The Labute approximate surface area is 200 Å². The lowest BCUT2D eigenvalue weighted by Crippen LogP contribution is -2.36. The van der Waals surface area contributed by atoms with Crippen LogP contribution >= 0.6 is 0 Å². The molecule has 6 rings (SSSR count). The Hall–Kier alpha value is -3.32. The van der Waals surface area contributed by atoms with Gasteiger partial charge in [-0.05, 0) is 87.6 Å². The molecule has 176 valence electrons. The zero-order valence-corrected chi connectivity index (χ0v) is 20.0. The number of aromatic nitrogens is 4. The van der Waals surface area contributed by atoms with E-state index in [0.717, 1.165) is 56.5 Å². The molecule has 0 amide bonds. The molecule has 1 saturated heterocycles. The number of H-pyrrole nitrogens is 1. The molecule has 0 radical (unpaired) electrons. The van der Waals surface area contributed by atoms with Gasteiger partial charge in [0.15, 0.2) is 5.82 Å². The number of aryl methyl sites for hydroxylation is 1. The number of ether oxygens (including phenoxy) is 1. The number of methoxy groups -OCH3 is 1. The van der Waals surface area contributed by atoms with E-state index in [1.807, 2.05) is 13.0 Å². The van der Waals surface area contributed by atoms with Gasteiger partial charge in [0.1, 0.15) is 11.6 Å². The summed E-state index contributed by atoms with van der Waals surface area (Å²) in [5, 5.41) is 10.0. The zero-order valence-electron chi connectivity index (χ0n) is 20.0. The third-order valence-corrected chi connectivity index (χ3v) is 7.54. The molecule has 7 heteroatoms. The van der Waals surface area contributed by atoms with Gasteiger partial charge in [-0.25, -0.2) is 0 Å². The Morgan fingerprint density at radius 3 is 2.68 bits per heavy atom. The summed E-state index contributed by atoms with van der Waals surface area (Å²) < 4.78 is 7.64. The second-order valence-electron chi connectivity index (χ2n) is 9.53. The van der Waals surface area contributed by atoms with E-state index < -0.39 is 0 Å². The van der Waals surface area contributed by atoms with Crippen LogP contribution in [0.4, 0.5) is 5.69 Å². The summed E-state index contributed by atoms with van der Waals surface area (Å²) in [5.74, 6) is 3.53. The Kier molecular flexibility index (Phi) is 5.49. The molecule has 2 aliphatic heterocycles. The molecule has 4 heterocycles. The molecule has 1 N–H and O–H groups in total. The van der Waals surface area contributed by atoms with Gasteiger partial charge in [0.25, 0.3) is 0 Å². The highest BCUT2D eigenvalue weighted by atomic mass is 16.5. The number of likely N-dealkylation sites (tertiary alicyclic amines) is 1. The summed E-state index contributed by atoms with van der Waals surface area (Å²) >= 11 is 0. The van der Waals surface area contributed by atoms with E-state index in [1.54, 1.807) is 7.11 Å². The average molecular weight is 457 g/mol. The maximum atomic E-state index is 5.45. The highest BCUT2D eigenvalue weighted by Gasteiger charge is 2.26. The molecule has 0 unspecified atom stereocenters. The van der Waals surface area contributed by atoms with E-state index in [4.69, 9.17) is 4.74 Å². The van der Waals surface area contributed by atoms with Crippen LogP contribution in [0.25, 0.3) is 16.6 Å². The molecule has 0 spiro atoms. The number of nitrogens with one attached hydrogen (secondary N) is 1. The number of fused-ring (bicyclic) bond motifs is 4. The first kappa shape index (κ1) is 21.2. The standard InChI is InChI=1S/C27H32N6O/c1-19-29-30-27-18-32(25-6-3-4-7-26(25)33(19)27)13-5-12-31-14-10-20(11-15-31)23-17-28-24-9-8-21(34-2)16-22(23)24/h3-4,6-9,16-17,20,28H,5,10-15,18H2,1-2H3. The van der Waals surface area contributed by atoms with Crippen molar-refractivity contribution in [3.8, 4) is 11.4 Å². The number of aromatic amines is 1. The van der Waals surface area contributed by atoms with E-state index in [1.165, 1.54) is 40.7 Å². The van der Waals surface area contributed by atoms with E-state index in [0.29, 0.717) is 5.92 Å². The van der Waals surface area contributed by atoms with E-state index in [2.05, 4.69) is 72.1 Å². The number of hydrogen-bond acceptors (Lipinski definition) is 5.